The van der Waals surface area contributed by atoms with Gasteiger partial charge in [0.05, 0.1) is 12.1 Å². The largest absolute Gasteiger partial charge is 0.394 e. The van der Waals surface area contributed by atoms with Crippen LogP contribution in [-0.4, -0.2) is 48.8 Å². The lowest BCUT2D eigenvalue weighted by atomic mass is 10.0. The minimum Gasteiger partial charge on any atom is -0.394 e. The molecule has 0 aliphatic carbocycles. The van der Waals surface area contributed by atoms with Crippen LogP contribution in [0.15, 0.2) is 0 Å². The van der Waals surface area contributed by atoms with Crippen LogP contribution in [0.2, 0.25) is 0 Å². The van der Waals surface area contributed by atoms with Crippen LogP contribution in [0.1, 0.15) is 27.7 Å². The fourth-order valence-corrected chi connectivity index (χ4v) is 1.87. The molecule has 1 unspecified atom stereocenters. The third-order valence-electron chi connectivity index (χ3n) is 2.25. The van der Waals surface area contributed by atoms with Gasteiger partial charge in [0.1, 0.15) is 0 Å². The van der Waals surface area contributed by atoms with Crippen LogP contribution in [0.25, 0.3) is 0 Å². The first-order chi connectivity index (χ1) is 6.43. The van der Waals surface area contributed by atoms with Gasteiger partial charge < -0.3 is 15.3 Å². The summed E-state index contributed by atoms with van der Waals surface area (Å²) in [5.41, 5.74) is -0.168. The highest BCUT2D eigenvalue weighted by atomic mass is 16.3. The molecule has 0 radical (unpaired) electrons. The Balaban J connectivity index is 4.02. The lowest BCUT2D eigenvalue weighted by Gasteiger charge is -2.33. The zero-order valence-corrected chi connectivity index (χ0v) is 10.3. The van der Waals surface area contributed by atoms with Gasteiger partial charge in [-0.3, -0.25) is 0 Å². The average Bonchev–Trinajstić information content (AvgIpc) is 2.02. The van der Waals surface area contributed by atoms with Gasteiger partial charge in [-0.2, -0.15) is 0 Å². The Hall–Kier alpha value is -0.120. The molecule has 0 spiro atoms. The third kappa shape index (κ3) is 5.58. The van der Waals surface area contributed by atoms with Crippen molar-refractivity contribution in [2.45, 2.75) is 33.2 Å². The number of likely N-dealkylation sites (N-methyl/N-ethyl adjacent to an activating group) is 2. The fraction of sp³-hybridized carbons (Fsp3) is 1.00. The van der Waals surface area contributed by atoms with Crippen molar-refractivity contribution in [1.29, 1.82) is 0 Å². The van der Waals surface area contributed by atoms with Gasteiger partial charge in [0.2, 0.25) is 0 Å². The Kier molecular flexibility index (Phi) is 6.33. The maximum atomic E-state index is 9.31. The van der Waals surface area contributed by atoms with Gasteiger partial charge in [-0.25, -0.2) is 0 Å². The molecule has 0 amide bonds. The first kappa shape index (κ1) is 13.9. The maximum Gasteiger partial charge on any atom is 0.0623 e. The minimum absolute atomic E-state index is 0.168. The van der Waals surface area contributed by atoms with Crippen molar-refractivity contribution in [3.63, 3.8) is 0 Å². The second kappa shape index (κ2) is 6.38. The molecule has 0 rings (SSSR count). The normalized spacial score (nSPS) is 16.3. The Bertz CT molecular complexity index is 150. The summed E-state index contributed by atoms with van der Waals surface area (Å²) in [7, 11) is 2.10. The van der Waals surface area contributed by atoms with Crippen molar-refractivity contribution < 1.29 is 5.11 Å². The van der Waals surface area contributed by atoms with Crippen LogP contribution in [0.5, 0.6) is 0 Å². The first-order valence-corrected chi connectivity index (χ1v) is 5.48. The molecule has 14 heavy (non-hydrogen) atoms. The van der Waals surface area contributed by atoms with E-state index in [-0.39, 0.29) is 12.1 Å². The molecule has 86 valence electrons. The molecule has 0 heterocycles. The summed E-state index contributed by atoms with van der Waals surface area (Å²) in [5, 5.41) is 12.6. The van der Waals surface area contributed by atoms with E-state index in [0.29, 0.717) is 5.92 Å². The van der Waals surface area contributed by atoms with E-state index in [0.717, 1.165) is 19.6 Å². The number of nitrogens with zero attached hydrogens (tertiary/aromatic N) is 1. The number of hydrogen-bond donors (Lipinski definition) is 2. The van der Waals surface area contributed by atoms with Gasteiger partial charge in [-0.15, -0.1) is 0 Å². The lowest BCUT2D eigenvalue weighted by molar-refractivity contribution is 0.128. The van der Waals surface area contributed by atoms with E-state index in [9.17, 15) is 5.11 Å². The summed E-state index contributed by atoms with van der Waals surface area (Å²) < 4.78 is 0. The van der Waals surface area contributed by atoms with E-state index in [1.807, 2.05) is 0 Å². The van der Waals surface area contributed by atoms with E-state index < -0.39 is 0 Å². The molecule has 0 fully saturated rings. The SMILES string of the molecule is CCNC(C)(CO)CN(C)CC(C)C. The molecule has 2 N–H and O–H groups in total. The summed E-state index contributed by atoms with van der Waals surface area (Å²) in [6.07, 6.45) is 0. The zero-order chi connectivity index (χ0) is 11.2. The zero-order valence-electron chi connectivity index (χ0n) is 10.3. The number of nitrogens with one attached hydrogen (secondary N) is 1. The molecule has 0 bridgehead atoms. The Morgan fingerprint density at radius 1 is 1.43 bits per heavy atom. The van der Waals surface area contributed by atoms with Crippen LogP contribution in [0.4, 0.5) is 0 Å². The van der Waals surface area contributed by atoms with Gasteiger partial charge in [0.15, 0.2) is 0 Å². The van der Waals surface area contributed by atoms with Crippen LogP contribution in [0.3, 0.4) is 0 Å². The van der Waals surface area contributed by atoms with E-state index >= 15 is 0 Å². The van der Waals surface area contributed by atoms with Crippen molar-refractivity contribution >= 4 is 0 Å². The predicted octanol–water partition coefficient (Wildman–Crippen LogP) is 0.935. The van der Waals surface area contributed by atoms with Crippen molar-refractivity contribution in [2.75, 3.05) is 33.3 Å². The van der Waals surface area contributed by atoms with Crippen molar-refractivity contribution in [3.8, 4) is 0 Å². The third-order valence-corrected chi connectivity index (χ3v) is 2.25. The maximum absolute atomic E-state index is 9.31. The topological polar surface area (TPSA) is 35.5 Å². The monoisotopic (exact) mass is 202 g/mol. The van der Waals surface area contributed by atoms with Gasteiger partial charge in [-0.05, 0) is 26.4 Å². The van der Waals surface area contributed by atoms with Crippen LogP contribution < -0.4 is 5.32 Å². The number of hydrogen-bond acceptors (Lipinski definition) is 3. The van der Waals surface area contributed by atoms with Crippen LogP contribution >= 0.6 is 0 Å². The predicted molar refractivity (Wildman–Crippen MR) is 61.5 cm³/mol. The molecule has 3 heteroatoms. The number of aliphatic hydroxyl groups is 1. The summed E-state index contributed by atoms with van der Waals surface area (Å²) in [4.78, 5) is 2.27. The molecular weight excluding hydrogens is 176 g/mol. The van der Waals surface area contributed by atoms with E-state index in [4.69, 9.17) is 0 Å². The van der Waals surface area contributed by atoms with Gasteiger partial charge in [-0.1, -0.05) is 20.8 Å². The molecular formula is C11H26N2O. The standard InChI is InChI=1S/C11H26N2O/c1-6-12-11(4,9-14)8-13(5)7-10(2)3/h10,12,14H,6-9H2,1-5H3. The summed E-state index contributed by atoms with van der Waals surface area (Å²) in [6, 6.07) is 0. The summed E-state index contributed by atoms with van der Waals surface area (Å²) in [5.74, 6) is 0.671. The average molecular weight is 202 g/mol. The van der Waals surface area contributed by atoms with E-state index in [2.05, 4.69) is 45.0 Å². The van der Waals surface area contributed by atoms with E-state index in [1.54, 1.807) is 0 Å². The summed E-state index contributed by atoms with van der Waals surface area (Å²) >= 11 is 0. The molecule has 0 saturated heterocycles. The minimum atomic E-state index is -0.168. The first-order valence-electron chi connectivity index (χ1n) is 5.48. The van der Waals surface area contributed by atoms with Crippen molar-refractivity contribution in [2.24, 2.45) is 5.92 Å². The lowest BCUT2D eigenvalue weighted by Crippen LogP contribution is -2.53. The second-order valence-corrected chi connectivity index (χ2v) is 4.84. The van der Waals surface area contributed by atoms with Crippen molar-refractivity contribution in [1.82, 2.24) is 10.2 Å². The van der Waals surface area contributed by atoms with Gasteiger partial charge in [0, 0.05) is 13.1 Å². The highest BCUT2D eigenvalue weighted by molar-refractivity contribution is 4.84. The second-order valence-electron chi connectivity index (χ2n) is 4.84. The van der Waals surface area contributed by atoms with Gasteiger partial charge >= 0.3 is 0 Å². The Morgan fingerprint density at radius 2 is 2.00 bits per heavy atom. The highest BCUT2D eigenvalue weighted by Gasteiger charge is 2.23. The molecule has 1 atom stereocenters. The Morgan fingerprint density at radius 3 is 2.36 bits per heavy atom. The molecule has 0 aliphatic heterocycles. The summed E-state index contributed by atoms with van der Waals surface area (Å²) in [6.45, 7) is 11.6. The smallest absolute Gasteiger partial charge is 0.0623 e. The number of rotatable bonds is 7. The molecule has 0 aromatic carbocycles. The fourth-order valence-electron chi connectivity index (χ4n) is 1.87. The molecule has 0 saturated carbocycles. The number of aliphatic hydroxyl groups excluding tert-OH is 1. The van der Waals surface area contributed by atoms with E-state index in [1.165, 1.54) is 0 Å². The van der Waals surface area contributed by atoms with Crippen LogP contribution in [-0.2, 0) is 0 Å². The van der Waals surface area contributed by atoms with Crippen LogP contribution in [0, 0.1) is 5.92 Å². The molecule has 3 nitrogen and oxygen atoms in total. The molecule has 0 aromatic heterocycles. The highest BCUT2D eigenvalue weighted by Crippen LogP contribution is 2.06. The quantitative estimate of drug-likeness (QED) is 0.645. The molecule has 0 aromatic rings. The van der Waals surface area contributed by atoms with Crippen molar-refractivity contribution in [3.05, 3.63) is 0 Å². The van der Waals surface area contributed by atoms with Gasteiger partial charge in [0.25, 0.3) is 0 Å². The Labute approximate surface area is 88.5 Å². The molecule has 0 aliphatic rings.